The highest BCUT2D eigenvalue weighted by molar-refractivity contribution is 5.79. The van der Waals surface area contributed by atoms with E-state index in [1.807, 2.05) is 6.07 Å². The summed E-state index contributed by atoms with van der Waals surface area (Å²) in [6.07, 6.45) is 1.83. The molecule has 0 fully saturated rings. The lowest BCUT2D eigenvalue weighted by Gasteiger charge is -2.05. The van der Waals surface area contributed by atoms with Gasteiger partial charge in [-0.25, -0.2) is 4.98 Å². The first kappa shape index (κ1) is 8.71. The first-order valence-electron chi connectivity index (χ1n) is 4.09. The van der Waals surface area contributed by atoms with Gasteiger partial charge < -0.3 is 15.2 Å². The number of pyridine rings is 1. The van der Waals surface area contributed by atoms with E-state index in [4.69, 9.17) is 5.73 Å². The lowest BCUT2D eigenvalue weighted by atomic mass is 10.2. The molecule has 0 radical (unpaired) electrons. The molecule has 0 aliphatic rings. The van der Waals surface area contributed by atoms with Crippen LogP contribution in [0.25, 0.3) is 5.65 Å². The molecule has 0 aromatic carbocycles. The Bertz CT molecular complexity index is 478. The molecule has 2 aromatic rings. The van der Waals surface area contributed by atoms with E-state index in [2.05, 4.69) is 4.98 Å². The van der Waals surface area contributed by atoms with E-state index in [0.29, 0.717) is 11.3 Å². The lowest BCUT2D eigenvalue weighted by Crippen LogP contribution is -2.21. The van der Waals surface area contributed by atoms with Crippen LogP contribution in [0.15, 0.2) is 30.6 Å². The van der Waals surface area contributed by atoms with Crippen molar-refractivity contribution in [2.24, 2.45) is 5.73 Å². The van der Waals surface area contributed by atoms with Gasteiger partial charge in [0.1, 0.15) is 5.65 Å². The van der Waals surface area contributed by atoms with Crippen LogP contribution in [-0.2, 0) is 4.79 Å². The topological polar surface area (TPSA) is 80.6 Å². The van der Waals surface area contributed by atoms with Crippen molar-refractivity contribution >= 4 is 11.6 Å². The summed E-state index contributed by atoms with van der Waals surface area (Å²) in [4.78, 5) is 14.8. The van der Waals surface area contributed by atoms with Crippen molar-refractivity contribution in [3.63, 3.8) is 0 Å². The van der Waals surface area contributed by atoms with Gasteiger partial charge in [-0.2, -0.15) is 0 Å². The van der Waals surface area contributed by atoms with Crippen molar-refractivity contribution in [2.75, 3.05) is 0 Å². The van der Waals surface area contributed by atoms with E-state index >= 15 is 0 Å². The minimum atomic E-state index is -1.31. The smallest absolute Gasteiger partial charge is 0.252 e. The number of rotatable bonds is 2. The second-order valence-electron chi connectivity index (χ2n) is 2.92. The summed E-state index contributed by atoms with van der Waals surface area (Å²) in [7, 11) is 0. The molecule has 72 valence electrons. The van der Waals surface area contributed by atoms with Gasteiger partial charge in [-0.05, 0) is 12.1 Å². The molecule has 1 atom stereocenters. The van der Waals surface area contributed by atoms with Gasteiger partial charge in [0.05, 0.1) is 11.9 Å². The number of fused-ring (bicyclic) bond motifs is 1. The third kappa shape index (κ3) is 1.23. The number of carbonyl (C=O) groups is 1. The minimum absolute atomic E-state index is 0.383. The highest BCUT2D eigenvalue weighted by Crippen LogP contribution is 2.13. The number of nitrogens with zero attached hydrogens (tertiary/aromatic N) is 2. The second-order valence-corrected chi connectivity index (χ2v) is 2.92. The van der Waals surface area contributed by atoms with Crippen molar-refractivity contribution in [3.05, 3.63) is 36.3 Å². The average Bonchev–Trinajstić information content (AvgIpc) is 2.60. The molecule has 0 bridgehead atoms. The number of aliphatic hydroxyl groups is 1. The molecule has 2 rings (SSSR count). The SMILES string of the molecule is NC(=O)C(O)c1cnc2ccccn12. The predicted octanol–water partition coefficient (Wildman–Crippen LogP) is -0.147. The molecule has 1 unspecified atom stereocenters. The molecular formula is C9H9N3O2. The Hall–Kier alpha value is -1.88. The zero-order chi connectivity index (χ0) is 10.1. The van der Waals surface area contributed by atoms with Gasteiger partial charge in [-0.1, -0.05) is 6.07 Å². The summed E-state index contributed by atoms with van der Waals surface area (Å²) >= 11 is 0. The number of primary amides is 1. The Labute approximate surface area is 79.8 Å². The summed E-state index contributed by atoms with van der Waals surface area (Å²) in [5, 5.41) is 9.45. The summed E-state index contributed by atoms with van der Waals surface area (Å²) in [6, 6.07) is 5.38. The standard InChI is InChI=1S/C9H9N3O2/c10-9(14)8(13)6-5-11-7-3-1-2-4-12(6)7/h1-5,8,13H,(H2,10,14). The van der Waals surface area contributed by atoms with Crippen LogP contribution in [0.1, 0.15) is 11.8 Å². The van der Waals surface area contributed by atoms with Crippen molar-refractivity contribution in [1.29, 1.82) is 0 Å². The third-order valence-corrected chi connectivity index (χ3v) is 2.00. The normalized spacial score (nSPS) is 12.9. The molecule has 5 heteroatoms. The third-order valence-electron chi connectivity index (χ3n) is 2.00. The van der Waals surface area contributed by atoms with Crippen LogP contribution in [0.2, 0.25) is 0 Å². The molecule has 1 amide bonds. The van der Waals surface area contributed by atoms with E-state index in [1.54, 1.807) is 22.7 Å². The van der Waals surface area contributed by atoms with Crippen molar-refractivity contribution in [2.45, 2.75) is 6.10 Å². The Kier molecular flexibility index (Phi) is 1.94. The highest BCUT2D eigenvalue weighted by atomic mass is 16.3. The summed E-state index contributed by atoms with van der Waals surface area (Å²) < 4.78 is 1.62. The molecule has 0 spiro atoms. The fraction of sp³-hybridized carbons (Fsp3) is 0.111. The molecule has 0 aliphatic heterocycles. The van der Waals surface area contributed by atoms with E-state index in [-0.39, 0.29) is 0 Å². The fourth-order valence-electron chi connectivity index (χ4n) is 1.30. The van der Waals surface area contributed by atoms with Gasteiger partial charge in [0.25, 0.3) is 5.91 Å². The summed E-state index contributed by atoms with van der Waals surface area (Å²) in [6.45, 7) is 0. The number of aromatic nitrogens is 2. The number of hydrogen-bond donors (Lipinski definition) is 2. The molecular weight excluding hydrogens is 182 g/mol. The maximum absolute atomic E-state index is 10.8. The van der Waals surface area contributed by atoms with Gasteiger partial charge in [0, 0.05) is 6.20 Å². The average molecular weight is 191 g/mol. The molecule has 2 aromatic heterocycles. The van der Waals surface area contributed by atoms with Gasteiger partial charge in [-0.15, -0.1) is 0 Å². The lowest BCUT2D eigenvalue weighted by molar-refractivity contribution is -0.126. The number of imidazole rings is 1. The Balaban J connectivity index is 2.58. The monoisotopic (exact) mass is 191 g/mol. The molecule has 2 heterocycles. The van der Waals surface area contributed by atoms with Crippen LogP contribution >= 0.6 is 0 Å². The second kappa shape index (κ2) is 3.12. The van der Waals surface area contributed by atoms with E-state index in [9.17, 15) is 9.90 Å². The Morgan fingerprint density at radius 1 is 1.57 bits per heavy atom. The first-order valence-corrected chi connectivity index (χ1v) is 4.09. The highest BCUT2D eigenvalue weighted by Gasteiger charge is 2.17. The largest absolute Gasteiger partial charge is 0.377 e. The summed E-state index contributed by atoms with van der Waals surface area (Å²) in [5.41, 5.74) is 6.04. The van der Waals surface area contributed by atoms with Crippen LogP contribution in [0, 0.1) is 0 Å². The number of hydrogen-bond acceptors (Lipinski definition) is 3. The van der Waals surface area contributed by atoms with E-state index in [1.165, 1.54) is 6.20 Å². The molecule has 14 heavy (non-hydrogen) atoms. The van der Waals surface area contributed by atoms with Crippen molar-refractivity contribution in [3.8, 4) is 0 Å². The zero-order valence-corrected chi connectivity index (χ0v) is 7.29. The van der Waals surface area contributed by atoms with Gasteiger partial charge in [0.15, 0.2) is 6.10 Å². The van der Waals surface area contributed by atoms with Crippen LogP contribution in [0.3, 0.4) is 0 Å². The molecule has 3 N–H and O–H groups in total. The van der Waals surface area contributed by atoms with Gasteiger partial charge >= 0.3 is 0 Å². The number of carbonyl (C=O) groups excluding carboxylic acids is 1. The molecule has 0 aliphatic carbocycles. The minimum Gasteiger partial charge on any atom is -0.377 e. The number of aliphatic hydroxyl groups excluding tert-OH is 1. The van der Waals surface area contributed by atoms with Crippen LogP contribution < -0.4 is 5.73 Å². The number of amides is 1. The fourth-order valence-corrected chi connectivity index (χ4v) is 1.30. The Morgan fingerprint density at radius 3 is 3.07 bits per heavy atom. The molecule has 0 saturated carbocycles. The summed E-state index contributed by atoms with van der Waals surface area (Å²) in [5.74, 6) is -0.782. The van der Waals surface area contributed by atoms with Crippen LogP contribution in [0.5, 0.6) is 0 Å². The van der Waals surface area contributed by atoms with Crippen molar-refractivity contribution < 1.29 is 9.90 Å². The quantitative estimate of drug-likeness (QED) is 0.692. The number of nitrogens with two attached hydrogens (primary N) is 1. The predicted molar refractivity (Wildman–Crippen MR) is 49.3 cm³/mol. The van der Waals surface area contributed by atoms with E-state index in [0.717, 1.165) is 0 Å². The van der Waals surface area contributed by atoms with Gasteiger partial charge in [-0.3, -0.25) is 4.79 Å². The maximum atomic E-state index is 10.8. The first-order chi connectivity index (χ1) is 6.70. The van der Waals surface area contributed by atoms with Crippen molar-refractivity contribution in [1.82, 2.24) is 9.38 Å². The molecule has 0 saturated heterocycles. The zero-order valence-electron chi connectivity index (χ0n) is 7.29. The Morgan fingerprint density at radius 2 is 2.36 bits per heavy atom. The molecule has 5 nitrogen and oxygen atoms in total. The van der Waals surface area contributed by atoms with E-state index < -0.39 is 12.0 Å². The maximum Gasteiger partial charge on any atom is 0.252 e. The van der Waals surface area contributed by atoms with Crippen LogP contribution in [-0.4, -0.2) is 20.4 Å². The van der Waals surface area contributed by atoms with Gasteiger partial charge in [0.2, 0.25) is 0 Å². The van der Waals surface area contributed by atoms with Crippen LogP contribution in [0.4, 0.5) is 0 Å².